The minimum Gasteiger partial charge on any atom is -0.293 e. The van der Waals surface area contributed by atoms with Crippen LogP contribution in [0.1, 0.15) is 29.9 Å². The summed E-state index contributed by atoms with van der Waals surface area (Å²) in [7, 11) is 0. The zero-order valence-corrected chi connectivity index (χ0v) is 13.7. The van der Waals surface area contributed by atoms with Gasteiger partial charge in [0, 0.05) is 18.8 Å². The van der Waals surface area contributed by atoms with Gasteiger partial charge in [-0.25, -0.2) is 0 Å². The Morgan fingerprint density at radius 1 is 0.923 bits per heavy atom. The molecule has 1 aliphatic heterocycles. The van der Waals surface area contributed by atoms with E-state index in [0.29, 0.717) is 5.06 Å². The Labute approximate surface area is 148 Å². The SMILES string of the molecule is O=C(OOCC1c2ccccc2-c2ccccc21)ON1C(=O)CCC1=O. The highest BCUT2D eigenvalue weighted by atomic mass is 17.2. The highest BCUT2D eigenvalue weighted by Crippen LogP contribution is 2.44. The van der Waals surface area contributed by atoms with E-state index in [9.17, 15) is 14.4 Å². The van der Waals surface area contributed by atoms with Crippen LogP contribution in [0.15, 0.2) is 48.5 Å². The van der Waals surface area contributed by atoms with Crippen molar-refractivity contribution in [2.24, 2.45) is 0 Å². The predicted octanol–water partition coefficient (Wildman–Crippen LogP) is 2.95. The molecular formula is C19H15NO6. The van der Waals surface area contributed by atoms with E-state index in [-0.39, 0.29) is 25.4 Å². The van der Waals surface area contributed by atoms with Gasteiger partial charge in [-0.15, -0.1) is 0 Å². The summed E-state index contributed by atoms with van der Waals surface area (Å²) >= 11 is 0. The van der Waals surface area contributed by atoms with Crippen molar-refractivity contribution >= 4 is 18.0 Å². The number of benzene rings is 2. The number of hydrogen-bond donors (Lipinski definition) is 0. The second kappa shape index (κ2) is 6.61. The molecule has 7 nitrogen and oxygen atoms in total. The number of imide groups is 1. The van der Waals surface area contributed by atoms with E-state index in [2.05, 4.69) is 9.73 Å². The molecule has 2 aliphatic rings. The van der Waals surface area contributed by atoms with Gasteiger partial charge in [-0.05, 0) is 22.3 Å². The average Bonchev–Trinajstić information content (AvgIpc) is 3.14. The zero-order valence-electron chi connectivity index (χ0n) is 13.7. The van der Waals surface area contributed by atoms with Gasteiger partial charge in [0.1, 0.15) is 6.61 Å². The van der Waals surface area contributed by atoms with Gasteiger partial charge in [0.2, 0.25) is 0 Å². The molecule has 0 radical (unpaired) electrons. The average molecular weight is 353 g/mol. The van der Waals surface area contributed by atoms with Crippen LogP contribution >= 0.6 is 0 Å². The van der Waals surface area contributed by atoms with Gasteiger partial charge in [0.05, 0.1) is 0 Å². The second-order valence-electron chi connectivity index (χ2n) is 6.02. The molecule has 0 atom stereocenters. The molecule has 0 aromatic heterocycles. The first kappa shape index (κ1) is 16.3. The summed E-state index contributed by atoms with van der Waals surface area (Å²) in [6.45, 7) is 0.0883. The molecule has 0 saturated carbocycles. The molecule has 4 rings (SSSR count). The summed E-state index contributed by atoms with van der Waals surface area (Å²) in [5.41, 5.74) is 4.39. The Bertz CT molecular complexity index is 832. The van der Waals surface area contributed by atoms with Crippen molar-refractivity contribution < 1.29 is 29.0 Å². The summed E-state index contributed by atoms with van der Waals surface area (Å²) in [5.74, 6) is -1.25. The molecule has 0 N–H and O–H groups in total. The number of rotatable bonds is 4. The lowest BCUT2D eigenvalue weighted by Gasteiger charge is -2.14. The third-order valence-corrected chi connectivity index (χ3v) is 4.50. The first-order chi connectivity index (χ1) is 12.6. The maximum atomic E-state index is 11.6. The molecule has 2 aromatic rings. The van der Waals surface area contributed by atoms with Crippen molar-refractivity contribution in [3.8, 4) is 11.1 Å². The van der Waals surface area contributed by atoms with Gasteiger partial charge in [0.25, 0.3) is 11.8 Å². The lowest BCUT2D eigenvalue weighted by atomic mass is 9.98. The minimum absolute atomic E-state index is 0.0165. The number of carbonyl (C=O) groups excluding carboxylic acids is 3. The Morgan fingerprint density at radius 3 is 2.04 bits per heavy atom. The van der Waals surface area contributed by atoms with Crippen LogP contribution in [0.2, 0.25) is 0 Å². The van der Waals surface area contributed by atoms with Crippen molar-refractivity contribution in [2.75, 3.05) is 6.61 Å². The van der Waals surface area contributed by atoms with E-state index in [0.717, 1.165) is 22.3 Å². The first-order valence-electron chi connectivity index (χ1n) is 8.20. The summed E-state index contributed by atoms with van der Waals surface area (Å²) in [6.07, 6.45) is -1.22. The summed E-state index contributed by atoms with van der Waals surface area (Å²) < 4.78 is 0. The maximum absolute atomic E-state index is 11.6. The molecule has 1 aliphatic carbocycles. The Balaban J connectivity index is 1.40. The van der Waals surface area contributed by atoms with Crippen LogP contribution in [-0.2, 0) is 24.2 Å². The van der Waals surface area contributed by atoms with Crippen LogP contribution in [0.5, 0.6) is 0 Å². The van der Waals surface area contributed by atoms with Crippen molar-refractivity contribution in [1.82, 2.24) is 5.06 Å². The van der Waals surface area contributed by atoms with Crippen molar-refractivity contribution in [2.45, 2.75) is 18.8 Å². The highest BCUT2D eigenvalue weighted by molar-refractivity contribution is 6.01. The number of nitrogens with zero attached hydrogens (tertiary/aromatic N) is 1. The van der Waals surface area contributed by atoms with E-state index in [4.69, 9.17) is 4.89 Å². The molecular weight excluding hydrogens is 338 g/mol. The molecule has 1 heterocycles. The largest absolute Gasteiger partial charge is 0.566 e. The van der Waals surface area contributed by atoms with E-state index < -0.39 is 18.0 Å². The third-order valence-electron chi connectivity index (χ3n) is 4.50. The molecule has 26 heavy (non-hydrogen) atoms. The standard InChI is InChI=1S/C19H15NO6/c21-17-9-10-18(22)20(17)25-19(23)26-24-11-16-14-7-3-1-5-12(14)13-6-2-4-8-15(13)16/h1-8,16H,9-11H2. The molecule has 0 unspecified atom stereocenters. The molecule has 2 aromatic carbocycles. The smallest absolute Gasteiger partial charge is 0.293 e. The van der Waals surface area contributed by atoms with E-state index in [1.807, 2.05) is 48.5 Å². The molecule has 132 valence electrons. The summed E-state index contributed by atoms with van der Waals surface area (Å²) in [6, 6.07) is 15.9. The minimum atomic E-state index is -1.26. The molecule has 2 amide bonds. The summed E-state index contributed by atoms with van der Waals surface area (Å²) in [4.78, 5) is 48.7. The maximum Gasteiger partial charge on any atom is 0.566 e. The fourth-order valence-electron chi connectivity index (χ4n) is 3.34. The van der Waals surface area contributed by atoms with Crippen LogP contribution in [-0.4, -0.2) is 29.6 Å². The van der Waals surface area contributed by atoms with Gasteiger partial charge < -0.3 is 0 Å². The van der Waals surface area contributed by atoms with E-state index in [1.165, 1.54) is 0 Å². The molecule has 0 bridgehead atoms. The predicted molar refractivity (Wildman–Crippen MR) is 88.3 cm³/mol. The Morgan fingerprint density at radius 2 is 1.46 bits per heavy atom. The monoisotopic (exact) mass is 353 g/mol. The number of hydrogen-bond acceptors (Lipinski definition) is 6. The van der Waals surface area contributed by atoms with Gasteiger partial charge in [-0.2, -0.15) is 9.68 Å². The fraction of sp³-hybridized carbons (Fsp3) is 0.211. The van der Waals surface area contributed by atoms with Gasteiger partial charge in [-0.1, -0.05) is 53.6 Å². The fourth-order valence-corrected chi connectivity index (χ4v) is 3.34. The van der Waals surface area contributed by atoms with E-state index >= 15 is 0 Å². The topological polar surface area (TPSA) is 82.1 Å². The molecule has 0 spiro atoms. The van der Waals surface area contributed by atoms with E-state index in [1.54, 1.807) is 0 Å². The second-order valence-corrected chi connectivity index (χ2v) is 6.02. The quantitative estimate of drug-likeness (QED) is 0.477. The van der Waals surface area contributed by atoms with Crippen molar-refractivity contribution in [1.29, 1.82) is 0 Å². The zero-order chi connectivity index (χ0) is 18.1. The van der Waals surface area contributed by atoms with Crippen LogP contribution in [0.3, 0.4) is 0 Å². The molecule has 7 heteroatoms. The highest BCUT2D eigenvalue weighted by Gasteiger charge is 2.34. The van der Waals surface area contributed by atoms with Gasteiger partial charge >= 0.3 is 6.16 Å². The van der Waals surface area contributed by atoms with Gasteiger partial charge in [0.15, 0.2) is 0 Å². The number of amides is 2. The van der Waals surface area contributed by atoms with Crippen molar-refractivity contribution in [3.05, 3.63) is 59.7 Å². The van der Waals surface area contributed by atoms with Crippen LogP contribution in [0.25, 0.3) is 11.1 Å². The number of hydroxylamine groups is 2. The molecule has 1 fully saturated rings. The van der Waals surface area contributed by atoms with Crippen molar-refractivity contribution in [3.63, 3.8) is 0 Å². The molecule has 1 saturated heterocycles. The van der Waals surface area contributed by atoms with Crippen LogP contribution in [0, 0.1) is 0 Å². The normalized spacial score (nSPS) is 15.8. The van der Waals surface area contributed by atoms with Crippen LogP contribution < -0.4 is 0 Å². The third kappa shape index (κ3) is 2.82. The Kier molecular flexibility index (Phi) is 4.14. The number of fused-ring (bicyclic) bond motifs is 3. The van der Waals surface area contributed by atoms with Gasteiger partial charge in [-0.3, -0.25) is 19.3 Å². The summed E-state index contributed by atoms with van der Waals surface area (Å²) in [5, 5.41) is 0.409. The van der Waals surface area contributed by atoms with Crippen LogP contribution in [0.4, 0.5) is 4.79 Å². The first-order valence-corrected chi connectivity index (χ1v) is 8.20. The lowest BCUT2D eigenvalue weighted by molar-refractivity contribution is -0.272. The number of carbonyl (C=O) groups is 3. The lowest BCUT2D eigenvalue weighted by Crippen LogP contribution is -2.32. The Hall–Kier alpha value is -3.19.